The molecule has 3 aromatic carbocycles. The molecule has 1 aliphatic heterocycles. The lowest BCUT2D eigenvalue weighted by molar-refractivity contribution is -0.384. The fourth-order valence-electron chi connectivity index (χ4n) is 8.76. The van der Waals surface area contributed by atoms with Crippen molar-refractivity contribution in [2.24, 2.45) is 22.9 Å². The third-order valence-corrected chi connectivity index (χ3v) is 11.3. The van der Waals surface area contributed by atoms with E-state index in [-0.39, 0.29) is 55.6 Å². The molecule has 6 atom stereocenters. The summed E-state index contributed by atoms with van der Waals surface area (Å²) in [5.74, 6) is -1.17. The average Bonchev–Trinajstić information content (AvgIpc) is 3.23. The Balaban J connectivity index is 1.56. The van der Waals surface area contributed by atoms with Crippen LogP contribution in [0.3, 0.4) is 0 Å². The molecule has 3 aromatic rings. The van der Waals surface area contributed by atoms with Crippen molar-refractivity contribution >= 4 is 17.3 Å². The van der Waals surface area contributed by atoms with Crippen LogP contribution < -0.4 is 9.47 Å². The number of nitro groups is 1. The first kappa shape index (κ1) is 41.1. The van der Waals surface area contributed by atoms with Gasteiger partial charge in [0.1, 0.15) is 29.9 Å². The molecule has 2 N–H and O–H groups in total. The molecule has 13 heteroatoms. The fraction of sp³-hybridized carbons (Fsp3) is 0.432. The van der Waals surface area contributed by atoms with Crippen molar-refractivity contribution in [1.29, 1.82) is 5.26 Å². The van der Waals surface area contributed by atoms with E-state index in [1.165, 1.54) is 12.1 Å². The molecule has 1 amide bonds. The number of likely N-dealkylation sites (N-methyl/N-ethyl adjacent to an activating group) is 1. The Bertz CT molecular complexity index is 2030. The summed E-state index contributed by atoms with van der Waals surface area (Å²) in [5.41, 5.74) is 3.16. The van der Waals surface area contributed by atoms with Crippen molar-refractivity contribution in [3.8, 4) is 23.3 Å². The standard InChI is InChI=1S/C44H50N4O9/c1-4-23-54-44-40(47(3)43(51)30-17-15-29(28-45)16-18-30)27-38(46-55-5-2)36-24-31(11-6-8-21-49)35(14-7-9-22-50)41(42(36)44)37-26-34(19-20-39(37)57-44)56-33-13-10-12-32(25-33)48(52)53/h4,10,12-13,15-20,24-26,31,35,40-42,49-50H,1,5-9,11,14,21-23,27H2,2-3H3/t31-,35+,40-,41+,42+,44+/m0/s1. The van der Waals surface area contributed by atoms with E-state index in [0.717, 1.165) is 36.8 Å². The number of aliphatic hydroxyl groups excluding tert-OH is 2. The Morgan fingerprint density at radius 2 is 1.82 bits per heavy atom. The molecule has 2 aliphatic carbocycles. The van der Waals surface area contributed by atoms with Crippen LogP contribution in [0.15, 0.2) is 96.2 Å². The number of ether oxygens (including phenoxy) is 3. The van der Waals surface area contributed by atoms with Crippen LogP contribution in [0.4, 0.5) is 5.69 Å². The number of nitro benzene ring substituents is 1. The van der Waals surface area contributed by atoms with Gasteiger partial charge in [-0.25, -0.2) is 0 Å². The number of nitriles is 1. The summed E-state index contributed by atoms with van der Waals surface area (Å²) in [5, 5.41) is 45.3. The van der Waals surface area contributed by atoms with E-state index in [0.29, 0.717) is 53.5 Å². The summed E-state index contributed by atoms with van der Waals surface area (Å²) in [6.07, 6.45) is 8.52. The van der Waals surface area contributed by atoms with Crippen LogP contribution in [-0.2, 0) is 9.57 Å². The molecule has 1 heterocycles. The predicted octanol–water partition coefficient (Wildman–Crippen LogP) is 7.68. The topological polar surface area (TPSA) is 177 Å². The second-order valence-corrected chi connectivity index (χ2v) is 14.7. The van der Waals surface area contributed by atoms with Crippen molar-refractivity contribution in [1.82, 2.24) is 4.90 Å². The SMILES string of the molecule is C=CCO[C@@]12Oc3ccc(Oc4cccc([N+](=O)[O-])c4)cc3[C@H]3[C@H](CCCCO)[C@@H](CCCCO)C=C(C(=NOCC)C[C@@H]1N(C)C(=O)c1ccc(C#N)cc1)[C@H]32. The molecular formula is C44H50N4O9. The zero-order valence-corrected chi connectivity index (χ0v) is 32.4. The summed E-state index contributed by atoms with van der Waals surface area (Å²) in [6.45, 7) is 6.40. The van der Waals surface area contributed by atoms with Gasteiger partial charge in [-0.1, -0.05) is 36.2 Å². The number of unbranched alkanes of at least 4 members (excludes halogenated alkanes) is 2. The van der Waals surface area contributed by atoms with Crippen molar-refractivity contribution in [3.05, 3.63) is 118 Å². The monoisotopic (exact) mass is 778 g/mol. The number of hydrogen-bond donors (Lipinski definition) is 2. The first-order valence-corrected chi connectivity index (χ1v) is 19.6. The lowest BCUT2D eigenvalue weighted by Gasteiger charge is -2.59. The Morgan fingerprint density at radius 1 is 1.09 bits per heavy atom. The maximum absolute atomic E-state index is 14.4. The second kappa shape index (κ2) is 18.6. The third-order valence-electron chi connectivity index (χ3n) is 11.3. The van der Waals surface area contributed by atoms with Crippen LogP contribution in [0.5, 0.6) is 17.2 Å². The van der Waals surface area contributed by atoms with Gasteiger partial charge in [0, 0.05) is 49.8 Å². The molecule has 0 saturated heterocycles. The number of non-ortho nitro benzene ring substituents is 1. The maximum atomic E-state index is 14.4. The number of carbonyl (C=O) groups is 1. The quantitative estimate of drug-likeness (QED) is 0.0564. The van der Waals surface area contributed by atoms with Gasteiger partial charge < -0.3 is 34.2 Å². The highest BCUT2D eigenvalue weighted by atomic mass is 16.7. The van der Waals surface area contributed by atoms with Crippen molar-refractivity contribution < 1.29 is 39.0 Å². The van der Waals surface area contributed by atoms with Crippen molar-refractivity contribution in [2.45, 2.75) is 69.6 Å². The van der Waals surface area contributed by atoms with Gasteiger partial charge in [-0.15, -0.1) is 6.58 Å². The molecule has 0 unspecified atom stereocenters. The van der Waals surface area contributed by atoms with Gasteiger partial charge in [0.05, 0.1) is 40.9 Å². The van der Waals surface area contributed by atoms with E-state index < -0.39 is 22.7 Å². The number of benzene rings is 3. The van der Waals surface area contributed by atoms with Crippen molar-refractivity contribution in [2.75, 3.05) is 33.5 Å². The zero-order valence-electron chi connectivity index (χ0n) is 32.4. The first-order valence-electron chi connectivity index (χ1n) is 19.6. The summed E-state index contributed by atoms with van der Waals surface area (Å²) < 4.78 is 20.4. The van der Waals surface area contributed by atoms with Gasteiger partial charge >= 0.3 is 0 Å². The van der Waals surface area contributed by atoms with Crippen LogP contribution >= 0.6 is 0 Å². The van der Waals surface area contributed by atoms with Gasteiger partial charge in [0.25, 0.3) is 11.6 Å². The van der Waals surface area contributed by atoms with Crippen LogP contribution in [0.1, 0.15) is 79.3 Å². The minimum Gasteiger partial charge on any atom is -0.459 e. The minimum atomic E-state index is -1.44. The Morgan fingerprint density at radius 3 is 2.51 bits per heavy atom. The predicted molar refractivity (Wildman–Crippen MR) is 213 cm³/mol. The molecule has 0 radical (unpaired) electrons. The van der Waals surface area contributed by atoms with E-state index in [1.807, 2.05) is 19.1 Å². The number of oxime groups is 1. The number of allylic oxidation sites excluding steroid dienone is 1. The molecule has 1 saturated carbocycles. The van der Waals surface area contributed by atoms with Gasteiger partial charge in [-0.3, -0.25) is 14.9 Å². The highest BCUT2D eigenvalue weighted by Crippen LogP contribution is 2.62. The highest BCUT2D eigenvalue weighted by molar-refractivity contribution is 6.03. The molecular weight excluding hydrogens is 729 g/mol. The van der Waals surface area contributed by atoms with E-state index >= 15 is 0 Å². The molecule has 13 nitrogen and oxygen atoms in total. The second-order valence-electron chi connectivity index (χ2n) is 14.7. The highest BCUT2D eigenvalue weighted by Gasteiger charge is 2.65. The number of amides is 1. The Kier molecular flexibility index (Phi) is 13.4. The Hall–Kier alpha value is -5.55. The van der Waals surface area contributed by atoms with E-state index in [1.54, 1.807) is 60.5 Å². The molecule has 1 fully saturated rings. The first-order chi connectivity index (χ1) is 27.7. The number of aliphatic hydroxyl groups is 2. The smallest absolute Gasteiger partial charge is 0.273 e. The molecule has 3 aliphatic rings. The number of hydrogen-bond acceptors (Lipinski definition) is 11. The molecule has 300 valence electrons. The number of rotatable bonds is 18. The summed E-state index contributed by atoms with van der Waals surface area (Å²) >= 11 is 0. The molecule has 0 aromatic heterocycles. The lowest BCUT2D eigenvalue weighted by Crippen LogP contribution is -2.69. The normalized spacial score (nSPS) is 23.9. The Labute approximate surface area is 332 Å². The molecule has 0 spiro atoms. The van der Waals surface area contributed by atoms with E-state index in [2.05, 4.69) is 23.9 Å². The number of nitrogens with zero attached hydrogens (tertiary/aromatic N) is 4. The minimum absolute atomic E-state index is 0.00182. The summed E-state index contributed by atoms with van der Waals surface area (Å²) in [7, 11) is 1.72. The van der Waals surface area contributed by atoms with Crippen LogP contribution in [-0.4, -0.2) is 77.0 Å². The van der Waals surface area contributed by atoms with E-state index in [4.69, 9.17) is 19.0 Å². The molecule has 57 heavy (non-hydrogen) atoms. The van der Waals surface area contributed by atoms with Crippen LogP contribution in [0.2, 0.25) is 0 Å². The third kappa shape index (κ3) is 8.59. The van der Waals surface area contributed by atoms with Gasteiger partial charge in [0.2, 0.25) is 5.79 Å². The fourth-order valence-corrected chi connectivity index (χ4v) is 8.76. The average molecular weight is 779 g/mol. The maximum Gasteiger partial charge on any atom is 0.273 e. The van der Waals surface area contributed by atoms with E-state index in [9.17, 15) is 30.4 Å². The van der Waals surface area contributed by atoms with Gasteiger partial charge in [-0.2, -0.15) is 5.26 Å². The van der Waals surface area contributed by atoms with Gasteiger partial charge in [0.15, 0.2) is 0 Å². The summed E-state index contributed by atoms with van der Waals surface area (Å²) in [4.78, 5) is 32.9. The number of fused-ring (bicyclic) bond motifs is 2. The largest absolute Gasteiger partial charge is 0.459 e. The van der Waals surface area contributed by atoms with Crippen LogP contribution in [0, 0.1) is 39.2 Å². The van der Waals surface area contributed by atoms with Gasteiger partial charge in [-0.05, 0) is 98.5 Å². The van der Waals surface area contributed by atoms with Crippen LogP contribution in [0.25, 0.3) is 0 Å². The summed E-state index contributed by atoms with van der Waals surface area (Å²) in [6, 6.07) is 19.4. The lowest BCUT2D eigenvalue weighted by atomic mass is 9.55. The molecule has 0 bridgehead atoms. The molecule has 6 rings (SSSR count). The van der Waals surface area contributed by atoms with Crippen molar-refractivity contribution in [3.63, 3.8) is 0 Å². The zero-order chi connectivity index (χ0) is 40.5. The number of carbonyl (C=O) groups excluding carboxylic acids is 1.